The molecule has 214 valence electrons. The van der Waals surface area contributed by atoms with E-state index in [2.05, 4.69) is 4.98 Å². The van der Waals surface area contributed by atoms with Crippen molar-refractivity contribution >= 4 is 5.78 Å². The monoisotopic (exact) mass is 574 g/mol. The minimum atomic E-state index is -8.04. The second kappa shape index (κ2) is 10.1. The molecular formula is C22H19F13N2O. The summed E-state index contributed by atoms with van der Waals surface area (Å²) in [4.78, 5) is 16.5. The molecule has 0 N–H and O–H groups in total. The number of para-hydroxylation sites is 1. The Labute approximate surface area is 206 Å². The van der Waals surface area contributed by atoms with Crippen LogP contribution in [0.3, 0.4) is 0 Å². The van der Waals surface area contributed by atoms with E-state index in [-0.39, 0.29) is 12.1 Å². The van der Waals surface area contributed by atoms with Gasteiger partial charge in [0, 0.05) is 12.4 Å². The first-order valence-electron chi connectivity index (χ1n) is 10.7. The van der Waals surface area contributed by atoms with E-state index in [0.29, 0.717) is 5.56 Å². The van der Waals surface area contributed by atoms with Crippen molar-refractivity contribution < 1.29 is 61.9 Å². The van der Waals surface area contributed by atoms with Crippen LogP contribution in [0.1, 0.15) is 42.4 Å². The summed E-state index contributed by atoms with van der Waals surface area (Å²) >= 11 is 0. The van der Waals surface area contributed by atoms with Crippen LogP contribution in [0.5, 0.6) is 0 Å². The van der Waals surface area contributed by atoms with Crippen LogP contribution < -0.4 is 0 Å². The summed E-state index contributed by atoms with van der Waals surface area (Å²) in [5, 5.41) is 0. The third kappa shape index (κ3) is 4.74. The predicted octanol–water partition coefficient (Wildman–Crippen LogP) is 7.91. The minimum Gasteiger partial charge on any atom is -0.297 e. The lowest BCUT2D eigenvalue weighted by molar-refractivity contribution is -0.442. The summed E-state index contributed by atoms with van der Waals surface area (Å²) in [6.07, 6.45) is -7.67. The highest BCUT2D eigenvalue weighted by Gasteiger charge is 2.91. The summed E-state index contributed by atoms with van der Waals surface area (Å²) in [7, 11) is 0. The SMILES string of the molecule is CCCC[C@H](C(=O)c1nccn1-c1ccccc1C)C(F)(F)C(F)(F)C(F)(F)C(F)(F)C(F)(F)C(F)(F)F. The lowest BCUT2D eigenvalue weighted by Gasteiger charge is -2.41. The number of unbranched alkanes of at least 4 members (excludes halogenated alkanes) is 1. The lowest BCUT2D eigenvalue weighted by atomic mass is 9.82. The van der Waals surface area contributed by atoms with Gasteiger partial charge in [-0.05, 0) is 25.0 Å². The molecule has 1 aromatic heterocycles. The van der Waals surface area contributed by atoms with Crippen LogP contribution in [0.15, 0.2) is 36.7 Å². The van der Waals surface area contributed by atoms with Gasteiger partial charge in [-0.1, -0.05) is 38.0 Å². The molecule has 0 fully saturated rings. The van der Waals surface area contributed by atoms with Gasteiger partial charge in [-0.25, -0.2) is 4.98 Å². The first kappa shape index (κ1) is 31.4. The third-order valence-electron chi connectivity index (χ3n) is 5.79. The van der Waals surface area contributed by atoms with E-state index < -0.39 is 66.2 Å². The maximum atomic E-state index is 15.0. The number of ketones is 1. The molecule has 1 atom stereocenters. The van der Waals surface area contributed by atoms with Crippen LogP contribution in [0.25, 0.3) is 5.69 Å². The molecule has 0 amide bonds. The Bertz CT molecular complexity index is 1140. The van der Waals surface area contributed by atoms with E-state index >= 15 is 8.78 Å². The molecule has 1 heterocycles. The van der Waals surface area contributed by atoms with Crippen LogP contribution in [-0.2, 0) is 0 Å². The van der Waals surface area contributed by atoms with E-state index in [1.807, 2.05) is 0 Å². The van der Waals surface area contributed by atoms with Crippen molar-refractivity contribution in [1.29, 1.82) is 0 Å². The summed E-state index contributed by atoms with van der Waals surface area (Å²) in [5.74, 6) is -44.6. The fourth-order valence-electron chi connectivity index (χ4n) is 3.56. The van der Waals surface area contributed by atoms with Gasteiger partial charge in [0.2, 0.25) is 5.78 Å². The van der Waals surface area contributed by atoms with Crippen molar-refractivity contribution in [3.05, 3.63) is 48.0 Å². The lowest BCUT2D eigenvalue weighted by Crippen LogP contribution is -2.71. The standard InChI is InChI=1S/C22H19F13N2O/c1-3-4-8-13(15(38)16-36-10-11-37(16)14-9-6-5-7-12(14)2)17(23,24)18(25,26)19(27,28)20(29,30)21(31,32)22(33,34)35/h5-7,9-11,13H,3-4,8H2,1-2H3/t13-/m1/s1. The zero-order valence-corrected chi connectivity index (χ0v) is 19.4. The molecule has 0 spiro atoms. The molecule has 2 aromatic rings. The Balaban J connectivity index is 2.67. The highest BCUT2D eigenvalue weighted by molar-refractivity contribution is 5.96. The number of nitrogens with zero attached hydrogens (tertiary/aromatic N) is 2. The van der Waals surface area contributed by atoms with Gasteiger partial charge in [0.15, 0.2) is 5.82 Å². The molecule has 1 aromatic carbocycles. The van der Waals surface area contributed by atoms with E-state index in [1.54, 1.807) is 0 Å². The molecule has 0 aliphatic carbocycles. The van der Waals surface area contributed by atoms with E-state index in [9.17, 15) is 53.1 Å². The van der Waals surface area contributed by atoms with Crippen molar-refractivity contribution in [2.75, 3.05) is 0 Å². The van der Waals surface area contributed by atoms with Crippen LogP contribution in [0.4, 0.5) is 57.1 Å². The zero-order valence-electron chi connectivity index (χ0n) is 19.4. The highest BCUT2D eigenvalue weighted by atomic mass is 19.4. The molecular weight excluding hydrogens is 555 g/mol. The molecule has 0 saturated heterocycles. The van der Waals surface area contributed by atoms with Gasteiger partial charge in [-0.2, -0.15) is 57.1 Å². The van der Waals surface area contributed by atoms with Gasteiger partial charge in [0.1, 0.15) is 0 Å². The largest absolute Gasteiger partial charge is 0.460 e. The second-order valence-corrected chi connectivity index (χ2v) is 8.38. The molecule has 0 aliphatic rings. The van der Waals surface area contributed by atoms with Crippen LogP contribution in [-0.4, -0.2) is 51.1 Å². The Morgan fingerprint density at radius 1 is 0.842 bits per heavy atom. The number of Topliss-reactive ketones (excluding diaryl/α,β-unsaturated/α-hetero) is 1. The average molecular weight is 574 g/mol. The summed E-state index contributed by atoms with van der Waals surface area (Å²) in [6.45, 7) is 2.77. The molecule has 0 unspecified atom stereocenters. The number of rotatable bonds is 11. The predicted molar refractivity (Wildman–Crippen MR) is 106 cm³/mol. The van der Waals surface area contributed by atoms with Crippen molar-refractivity contribution in [3.8, 4) is 5.69 Å². The van der Waals surface area contributed by atoms with Gasteiger partial charge < -0.3 is 0 Å². The van der Waals surface area contributed by atoms with Gasteiger partial charge >= 0.3 is 35.8 Å². The minimum absolute atomic E-state index is 0.0966. The van der Waals surface area contributed by atoms with Crippen molar-refractivity contribution in [2.45, 2.75) is 68.9 Å². The van der Waals surface area contributed by atoms with Crippen LogP contribution in [0.2, 0.25) is 0 Å². The molecule has 16 heteroatoms. The van der Waals surface area contributed by atoms with Gasteiger partial charge in [0.25, 0.3) is 0 Å². The third-order valence-corrected chi connectivity index (χ3v) is 5.79. The quantitative estimate of drug-likeness (QED) is 0.202. The average Bonchev–Trinajstić information content (AvgIpc) is 3.27. The Hall–Kier alpha value is -2.81. The number of aromatic nitrogens is 2. The number of halogens is 13. The smallest absolute Gasteiger partial charge is 0.297 e. The maximum absolute atomic E-state index is 15.0. The molecule has 38 heavy (non-hydrogen) atoms. The second-order valence-electron chi connectivity index (χ2n) is 8.38. The molecule has 3 nitrogen and oxygen atoms in total. The number of hydrogen-bond donors (Lipinski definition) is 0. The molecule has 0 bridgehead atoms. The first-order valence-corrected chi connectivity index (χ1v) is 10.7. The first-order chi connectivity index (χ1) is 17.1. The molecule has 0 aliphatic heterocycles. The summed E-state index contributed by atoms with van der Waals surface area (Å²) in [6, 6.07) is 5.74. The van der Waals surface area contributed by atoms with Gasteiger partial charge in [-0.3, -0.25) is 9.36 Å². The van der Waals surface area contributed by atoms with Crippen LogP contribution >= 0.6 is 0 Å². The van der Waals surface area contributed by atoms with Crippen molar-refractivity contribution in [3.63, 3.8) is 0 Å². The van der Waals surface area contributed by atoms with Crippen molar-refractivity contribution in [2.24, 2.45) is 5.92 Å². The Morgan fingerprint density at radius 3 is 1.87 bits per heavy atom. The topological polar surface area (TPSA) is 34.9 Å². The molecule has 2 rings (SSSR count). The summed E-state index contributed by atoms with van der Waals surface area (Å²) < 4.78 is 179. The van der Waals surface area contributed by atoms with E-state index in [0.717, 1.165) is 17.0 Å². The summed E-state index contributed by atoms with van der Waals surface area (Å²) in [5.41, 5.74) is 0.488. The van der Waals surface area contributed by atoms with E-state index in [4.69, 9.17) is 0 Å². The van der Waals surface area contributed by atoms with Crippen molar-refractivity contribution in [1.82, 2.24) is 9.55 Å². The number of alkyl halides is 13. The molecule has 0 radical (unpaired) electrons. The normalized spacial score (nSPS) is 15.0. The number of carbonyl (C=O) groups is 1. The fourth-order valence-corrected chi connectivity index (χ4v) is 3.56. The number of benzene rings is 1. The Morgan fingerprint density at radius 2 is 1.37 bits per heavy atom. The fraction of sp³-hybridized carbons (Fsp3) is 0.545. The number of hydrogen-bond acceptors (Lipinski definition) is 2. The van der Waals surface area contributed by atoms with Gasteiger partial charge in [0.05, 0.1) is 11.6 Å². The number of imidazole rings is 1. The van der Waals surface area contributed by atoms with E-state index in [1.165, 1.54) is 38.1 Å². The Kier molecular flexibility index (Phi) is 8.31. The van der Waals surface area contributed by atoms with Crippen LogP contribution in [0, 0.1) is 12.8 Å². The maximum Gasteiger partial charge on any atom is 0.460 e. The number of aryl methyl sites for hydroxylation is 1. The number of carbonyl (C=O) groups excluding carboxylic acids is 1. The zero-order chi connectivity index (χ0) is 29.5. The molecule has 0 saturated carbocycles. The highest BCUT2D eigenvalue weighted by Crippen LogP contribution is 2.61. The van der Waals surface area contributed by atoms with Gasteiger partial charge in [-0.15, -0.1) is 0 Å².